The molecule has 100 valence electrons. The molecule has 6 heteroatoms. The number of anilines is 1. The zero-order valence-electron chi connectivity index (χ0n) is 10.7. The summed E-state index contributed by atoms with van der Waals surface area (Å²) >= 11 is 9.51. The highest BCUT2D eigenvalue weighted by Gasteiger charge is 2.13. The monoisotopic (exact) mass is 340 g/mol. The standard InChI is InChI=1S/C13H14BrClN4/c1-3-9-7(2)17-12(18-13(9)19-16)10-6-8(15)4-5-11(10)14/h4-6H,3,16H2,1-2H3,(H,17,18,19). The summed E-state index contributed by atoms with van der Waals surface area (Å²) in [6.45, 7) is 3.99. The number of rotatable bonds is 3. The maximum atomic E-state index is 6.02. The largest absolute Gasteiger partial charge is 0.308 e. The Morgan fingerprint density at radius 1 is 1.37 bits per heavy atom. The molecule has 0 aliphatic heterocycles. The molecule has 0 saturated heterocycles. The van der Waals surface area contributed by atoms with Gasteiger partial charge in [-0.2, -0.15) is 0 Å². The highest BCUT2D eigenvalue weighted by Crippen LogP contribution is 2.30. The molecule has 0 bridgehead atoms. The second-order valence-corrected chi connectivity index (χ2v) is 5.37. The number of hydrazine groups is 1. The van der Waals surface area contributed by atoms with E-state index in [1.165, 1.54) is 0 Å². The first-order valence-electron chi connectivity index (χ1n) is 5.86. The van der Waals surface area contributed by atoms with Gasteiger partial charge < -0.3 is 5.43 Å². The van der Waals surface area contributed by atoms with E-state index in [0.717, 1.165) is 27.7 Å². The molecule has 1 aromatic heterocycles. The van der Waals surface area contributed by atoms with Crippen LogP contribution in [0.1, 0.15) is 18.2 Å². The number of benzene rings is 1. The highest BCUT2D eigenvalue weighted by molar-refractivity contribution is 9.10. The quantitative estimate of drug-likeness (QED) is 0.660. The Balaban J connectivity index is 2.63. The van der Waals surface area contributed by atoms with E-state index >= 15 is 0 Å². The third kappa shape index (κ3) is 2.88. The summed E-state index contributed by atoms with van der Waals surface area (Å²) in [6.07, 6.45) is 0.822. The van der Waals surface area contributed by atoms with Gasteiger partial charge in [0.05, 0.1) is 0 Å². The molecule has 2 aromatic rings. The third-order valence-corrected chi connectivity index (χ3v) is 3.80. The normalized spacial score (nSPS) is 10.6. The lowest BCUT2D eigenvalue weighted by Gasteiger charge is -2.12. The van der Waals surface area contributed by atoms with Crippen molar-refractivity contribution in [2.75, 3.05) is 5.43 Å². The van der Waals surface area contributed by atoms with Crippen LogP contribution in [-0.4, -0.2) is 9.97 Å². The lowest BCUT2D eigenvalue weighted by Crippen LogP contribution is -2.13. The van der Waals surface area contributed by atoms with Gasteiger partial charge >= 0.3 is 0 Å². The average molecular weight is 342 g/mol. The second kappa shape index (κ2) is 5.86. The van der Waals surface area contributed by atoms with Crippen LogP contribution in [0.3, 0.4) is 0 Å². The van der Waals surface area contributed by atoms with E-state index in [-0.39, 0.29) is 0 Å². The molecule has 3 N–H and O–H groups in total. The molecule has 0 aliphatic carbocycles. The molecule has 1 aromatic carbocycles. The van der Waals surface area contributed by atoms with Gasteiger partial charge in [0.1, 0.15) is 5.82 Å². The molecule has 0 saturated carbocycles. The maximum Gasteiger partial charge on any atom is 0.163 e. The van der Waals surface area contributed by atoms with E-state index in [1.54, 1.807) is 0 Å². The van der Waals surface area contributed by atoms with Gasteiger partial charge in [-0.05, 0) is 31.5 Å². The Hall–Kier alpha value is -1.17. The van der Waals surface area contributed by atoms with Crippen molar-refractivity contribution in [2.45, 2.75) is 20.3 Å². The van der Waals surface area contributed by atoms with Crippen LogP contribution < -0.4 is 11.3 Å². The molecule has 0 radical (unpaired) electrons. The zero-order chi connectivity index (χ0) is 14.0. The SMILES string of the molecule is CCc1c(C)nc(-c2cc(Cl)ccc2Br)nc1NN. The predicted octanol–water partition coefficient (Wildman–Crippen LogP) is 3.72. The van der Waals surface area contributed by atoms with Gasteiger partial charge in [-0.15, -0.1) is 0 Å². The van der Waals surface area contributed by atoms with Gasteiger partial charge in [-0.3, -0.25) is 0 Å². The summed E-state index contributed by atoms with van der Waals surface area (Å²) in [4.78, 5) is 8.99. The highest BCUT2D eigenvalue weighted by atomic mass is 79.9. The topological polar surface area (TPSA) is 63.8 Å². The molecule has 1 heterocycles. The molecule has 0 fully saturated rings. The number of hydrogen-bond acceptors (Lipinski definition) is 4. The van der Waals surface area contributed by atoms with E-state index in [2.05, 4.69) is 31.3 Å². The number of nitrogens with one attached hydrogen (secondary N) is 1. The molecule has 19 heavy (non-hydrogen) atoms. The minimum Gasteiger partial charge on any atom is -0.308 e. The lowest BCUT2D eigenvalue weighted by molar-refractivity contribution is 0.994. The molecular formula is C13H14BrClN4. The Morgan fingerprint density at radius 2 is 2.11 bits per heavy atom. The average Bonchev–Trinajstić information content (AvgIpc) is 2.40. The molecule has 2 rings (SSSR count). The van der Waals surface area contributed by atoms with Gasteiger partial charge in [-0.1, -0.05) is 34.5 Å². The summed E-state index contributed by atoms with van der Waals surface area (Å²) in [5.41, 5.74) is 5.40. The van der Waals surface area contributed by atoms with Crippen molar-refractivity contribution < 1.29 is 0 Å². The Bertz CT molecular complexity index is 616. The van der Waals surface area contributed by atoms with Crippen molar-refractivity contribution in [1.82, 2.24) is 9.97 Å². The van der Waals surface area contributed by atoms with Crippen LogP contribution in [0.15, 0.2) is 22.7 Å². The van der Waals surface area contributed by atoms with Crippen LogP contribution in [0.5, 0.6) is 0 Å². The summed E-state index contributed by atoms with van der Waals surface area (Å²) < 4.78 is 0.892. The van der Waals surface area contributed by atoms with Crippen molar-refractivity contribution >= 4 is 33.3 Å². The Morgan fingerprint density at radius 3 is 2.74 bits per heavy atom. The molecule has 4 nitrogen and oxygen atoms in total. The fourth-order valence-corrected chi connectivity index (χ4v) is 2.52. The minimum absolute atomic E-state index is 0.594. The minimum atomic E-state index is 0.594. The van der Waals surface area contributed by atoms with E-state index < -0.39 is 0 Å². The van der Waals surface area contributed by atoms with E-state index in [4.69, 9.17) is 17.4 Å². The Kier molecular flexibility index (Phi) is 4.39. The number of hydrogen-bond donors (Lipinski definition) is 2. The van der Waals surface area contributed by atoms with Crippen LogP contribution >= 0.6 is 27.5 Å². The fraction of sp³-hybridized carbons (Fsp3) is 0.231. The molecule has 0 atom stereocenters. The number of nitrogens with zero attached hydrogens (tertiary/aromatic N) is 2. The summed E-state index contributed by atoms with van der Waals surface area (Å²) in [5.74, 6) is 6.78. The van der Waals surface area contributed by atoms with Gasteiger partial charge in [-0.25, -0.2) is 15.8 Å². The summed E-state index contributed by atoms with van der Waals surface area (Å²) in [6, 6.07) is 5.51. The number of nitrogen functional groups attached to an aromatic ring is 1. The van der Waals surface area contributed by atoms with Crippen molar-refractivity contribution in [3.8, 4) is 11.4 Å². The van der Waals surface area contributed by atoms with Crippen molar-refractivity contribution in [2.24, 2.45) is 5.84 Å². The second-order valence-electron chi connectivity index (χ2n) is 4.08. The molecule has 0 spiro atoms. The van der Waals surface area contributed by atoms with Gasteiger partial charge in [0, 0.05) is 26.3 Å². The number of halogens is 2. The summed E-state index contributed by atoms with van der Waals surface area (Å²) in [7, 11) is 0. The molecule has 0 unspecified atom stereocenters. The lowest BCUT2D eigenvalue weighted by atomic mass is 10.1. The first-order valence-corrected chi connectivity index (χ1v) is 7.03. The van der Waals surface area contributed by atoms with Crippen molar-refractivity contribution in [3.05, 3.63) is 39.0 Å². The van der Waals surface area contributed by atoms with Gasteiger partial charge in [0.15, 0.2) is 5.82 Å². The molecule has 0 amide bonds. The number of aryl methyl sites for hydroxylation is 1. The Labute approximate surface area is 125 Å². The van der Waals surface area contributed by atoms with Crippen LogP contribution in [-0.2, 0) is 6.42 Å². The number of nitrogens with two attached hydrogens (primary N) is 1. The van der Waals surface area contributed by atoms with Gasteiger partial charge in [0.25, 0.3) is 0 Å². The summed E-state index contributed by atoms with van der Waals surface area (Å²) in [5, 5.41) is 0.640. The fourth-order valence-electron chi connectivity index (χ4n) is 1.93. The van der Waals surface area contributed by atoms with Crippen molar-refractivity contribution in [1.29, 1.82) is 0 Å². The smallest absolute Gasteiger partial charge is 0.163 e. The first-order chi connectivity index (χ1) is 9.06. The van der Waals surface area contributed by atoms with E-state index in [9.17, 15) is 0 Å². The van der Waals surface area contributed by atoms with Crippen LogP contribution in [0.25, 0.3) is 11.4 Å². The maximum absolute atomic E-state index is 6.02. The van der Waals surface area contributed by atoms with Crippen LogP contribution in [0.2, 0.25) is 5.02 Å². The van der Waals surface area contributed by atoms with Crippen molar-refractivity contribution in [3.63, 3.8) is 0 Å². The van der Waals surface area contributed by atoms with E-state index in [0.29, 0.717) is 16.7 Å². The predicted molar refractivity (Wildman–Crippen MR) is 82.1 cm³/mol. The van der Waals surface area contributed by atoms with E-state index in [1.807, 2.05) is 32.0 Å². The van der Waals surface area contributed by atoms with Gasteiger partial charge in [0.2, 0.25) is 0 Å². The molecule has 0 aliphatic rings. The number of aromatic nitrogens is 2. The first kappa shape index (κ1) is 14.2. The van der Waals surface area contributed by atoms with Crippen LogP contribution in [0.4, 0.5) is 5.82 Å². The van der Waals surface area contributed by atoms with Crippen LogP contribution in [0, 0.1) is 6.92 Å². The zero-order valence-corrected chi connectivity index (χ0v) is 13.0. The third-order valence-electron chi connectivity index (χ3n) is 2.87. The molecular weight excluding hydrogens is 328 g/mol.